The summed E-state index contributed by atoms with van der Waals surface area (Å²) in [6, 6.07) is 13.4. The van der Waals surface area contributed by atoms with Crippen molar-refractivity contribution in [2.24, 2.45) is 0 Å². The van der Waals surface area contributed by atoms with E-state index in [-0.39, 0.29) is 6.54 Å². The van der Waals surface area contributed by atoms with E-state index in [1.165, 1.54) is 13.2 Å². The molecule has 0 aliphatic rings. The highest BCUT2D eigenvalue weighted by molar-refractivity contribution is 6.39. The summed E-state index contributed by atoms with van der Waals surface area (Å²) in [5, 5.41) is 5.03. The van der Waals surface area contributed by atoms with Crippen molar-refractivity contribution in [2.45, 2.75) is 25.9 Å². The molecule has 6 heteroatoms. The number of hydrogen-bond donors (Lipinski definition) is 2. The Bertz CT molecular complexity index is 777. The van der Waals surface area contributed by atoms with Crippen molar-refractivity contribution in [1.29, 1.82) is 0 Å². The normalized spacial score (nSPS) is 12.9. The van der Waals surface area contributed by atoms with Crippen LogP contribution < -0.4 is 10.6 Å². The predicted octanol–water partition coefficient (Wildman–Crippen LogP) is 3.00. The SMILES string of the molecule is CCc1ccc(NC(=O)C(=O)NCC(C)(OC)c2ccccc2F)cc1. The van der Waals surface area contributed by atoms with E-state index in [0.717, 1.165) is 12.0 Å². The third-order valence-electron chi connectivity index (χ3n) is 4.31. The molecular weight excluding hydrogens is 335 g/mol. The van der Waals surface area contributed by atoms with Crippen LogP contribution >= 0.6 is 0 Å². The Labute approximate surface area is 152 Å². The Kier molecular flexibility index (Phi) is 6.46. The molecule has 0 aliphatic heterocycles. The molecule has 1 unspecified atom stereocenters. The highest BCUT2D eigenvalue weighted by Crippen LogP contribution is 2.26. The zero-order chi connectivity index (χ0) is 19.2. The highest BCUT2D eigenvalue weighted by atomic mass is 19.1. The summed E-state index contributed by atoms with van der Waals surface area (Å²) in [5.74, 6) is -2.04. The summed E-state index contributed by atoms with van der Waals surface area (Å²) >= 11 is 0. The Morgan fingerprint density at radius 2 is 1.73 bits per heavy atom. The summed E-state index contributed by atoms with van der Waals surface area (Å²) in [5.41, 5.74) is 0.877. The number of rotatable bonds is 6. The van der Waals surface area contributed by atoms with Crippen LogP contribution in [0.5, 0.6) is 0 Å². The van der Waals surface area contributed by atoms with Gasteiger partial charge in [-0.3, -0.25) is 9.59 Å². The van der Waals surface area contributed by atoms with Gasteiger partial charge in [-0.05, 0) is 37.1 Å². The Morgan fingerprint density at radius 1 is 1.08 bits per heavy atom. The molecule has 5 nitrogen and oxygen atoms in total. The summed E-state index contributed by atoms with van der Waals surface area (Å²) in [7, 11) is 1.42. The first kappa shape index (κ1) is 19.6. The first-order valence-electron chi connectivity index (χ1n) is 8.38. The zero-order valence-electron chi connectivity index (χ0n) is 15.1. The van der Waals surface area contributed by atoms with E-state index in [2.05, 4.69) is 10.6 Å². The van der Waals surface area contributed by atoms with E-state index in [4.69, 9.17) is 4.74 Å². The van der Waals surface area contributed by atoms with Gasteiger partial charge in [0.15, 0.2) is 0 Å². The molecule has 2 aromatic carbocycles. The highest BCUT2D eigenvalue weighted by Gasteiger charge is 2.30. The number of nitrogens with one attached hydrogen (secondary N) is 2. The number of carbonyl (C=O) groups is 2. The van der Waals surface area contributed by atoms with E-state index < -0.39 is 23.2 Å². The average molecular weight is 358 g/mol. The second-order valence-electron chi connectivity index (χ2n) is 6.10. The minimum absolute atomic E-state index is 0.0501. The third-order valence-corrected chi connectivity index (χ3v) is 4.31. The maximum atomic E-state index is 14.0. The number of hydrogen-bond acceptors (Lipinski definition) is 3. The van der Waals surface area contributed by atoms with Crippen LogP contribution in [-0.2, 0) is 26.3 Å². The molecule has 2 aromatic rings. The number of anilines is 1. The molecule has 2 amide bonds. The van der Waals surface area contributed by atoms with E-state index in [9.17, 15) is 14.0 Å². The van der Waals surface area contributed by atoms with Gasteiger partial charge in [0.05, 0.1) is 6.54 Å². The molecule has 0 spiro atoms. The Hall–Kier alpha value is -2.73. The maximum Gasteiger partial charge on any atom is 0.313 e. The van der Waals surface area contributed by atoms with Crippen LogP contribution in [0.4, 0.5) is 10.1 Å². The van der Waals surface area contributed by atoms with Crippen molar-refractivity contribution >= 4 is 17.5 Å². The van der Waals surface area contributed by atoms with Gasteiger partial charge in [-0.15, -0.1) is 0 Å². The molecule has 138 valence electrons. The molecule has 0 saturated heterocycles. The lowest BCUT2D eigenvalue weighted by atomic mass is 9.95. The lowest BCUT2D eigenvalue weighted by molar-refractivity contribution is -0.137. The summed E-state index contributed by atoms with van der Waals surface area (Å²) in [4.78, 5) is 24.1. The van der Waals surface area contributed by atoms with Crippen LogP contribution in [-0.4, -0.2) is 25.5 Å². The lowest BCUT2D eigenvalue weighted by Crippen LogP contribution is -2.44. The number of methoxy groups -OCH3 is 1. The smallest absolute Gasteiger partial charge is 0.313 e. The topological polar surface area (TPSA) is 67.4 Å². The number of halogens is 1. The average Bonchev–Trinajstić information content (AvgIpc) is 2.66. The van der Waals surface area contributed by atoms with Crippen LogP contribution in [0.15, 0.2) is 48.5 Å². The summed E-state index contributed by atoms with van der Waals surface area (Å²) in [6.45, 7) is 3.63. The van der Waals surface area contributed by atoms with Gasteiger partial charge >= 0.3 is 11.8 Å². The van der Waals surface area contributed by atoms with Crippen LogP contribution in [0.25, 0.3) is 0 Å². The number of ether oxygens (including phenoxy) is 1. The number of amides is 2. The standard InChI is InChI=1S/C20H23FN2O3/c1-4-14-9-11-15(12-10-14)23-19(25)18(24)22-13-20(2,26-3)16-7-5-6-8-17(16)21/h5-12H,4,13H2,1-3H3,(H,22,24)(H,23,25). The fraction of sp³-hybridized carbons (Fsp3) is 0.300. The van der Waals surface area contributed by atoms with Gasteiger partial charge in [-0.25, -0.2) is 4.39 Å². The quantitative estimate of drug-likeness (QED) is 0.780. The van der Waals surface area contributed by atoms with Crippen molar-refractivity contribution in [3.63, 3.8) is 0 Å². The molecule has 0 aromatic heterocycles. The molecule has 0 aliphatic carbocycles. The monoisotopic (exact) mass is 358 g/mol. The lowest BCUT2D eigenvalue weighted by Gasteiger charge is -2.29. The van der Waals surface area contributed by atoms with E-state index >= 15 is 0 Å². The molecule has 0 saturated carbocycles. The molecular formula is C20H23FN2O3. The van der Waals surface area contributed by atoms with E-state index in [0.29, 0.717) is 11.3 Å². The van der Waals surface area contributed by atoms with Gasteiger partial charge in [0, 0.05) is 18.4 Å². The van der Waals surface area contributed by atoms with Crippen molar-refractivity contribution in [1.82, 2.24) is 5.32 Å². The molecule has 0 fully saturated rings. The van der Waals surface area contributed by atoms with Crippen molar-refractivity contribution < 1.29 is 18.7 Å². The van der Waals surface area contributed by atoms with Crippen molar-refractivity contribution in [3.05, 3.63) is 65.5 Å². The first-order chi connectivity index (χ1) is 12.4. The minimum Gasteiger partial charge on any atom is -0.372 e. The largest absolute Gasteiger partial charge is 0.372 e. The van der Waals surface area contributed by atoms with Crippen molar-refractivity contribution in [2.75, 3.05) is 19.0 Å². The molecule has 0 heterocycles. The van der Waals surface area contributed by atoms with Gasteiger partial charge < -0.3 is 15.4 Å². The third kappa shape index (κ3) is 4.67. The molecule has 0 radical (unpaired) electrons. The van der Waals surface area contributed by atoms with Crippen LogP contribution in [0.3, 0.4) is 0 Å². The zero-order valence-corrected chi connectivity index (χ0v) is 15.1. The van der Waals surface area contributed by atoms with E-state index in [1.54, 1.807) is 37.3 Å². The molecule has 1 atom stereocenters. The number of benzene rings is 2. The Morgan fingerprint density at radius 3 is 2.31 bits per heavy atom. The molecule has 0 bridgehead atoms. The fourth-order valence-electron chi connectivity index (χ4n) is 2.51. The number of aryl methyl sites for hydroxylation is 1. The van der Waals surface area contributed by atoms with Gasteiger partial charge in [0.1, 0.15) is 11.4 Å². The minimum atomic E-state index is -1.09. The summed E-state index contributed by atoms with van der Waals surface area (Å²) < 4.78 is 19.4. The van der Waals surface area contributed by atoms with Gasteiger partial charge in [-0.1, -0.05) is 37.3 Å². The first-order valence-corrected chi connectivity index (χ1v) is 8.38. The molecule has 26 heavy (non-hydrogen) atoms. The summed E-state index contributed by atoms with van der Waals surface area (Å²) in [6.07, 6.45) is 0.889. The van der Waals surface area contributed by atoms with Gasteiger partial charge in [0.25, 0.3) is 0 Å². The van der Waals surface area contributed by atoms with Crippen molar-refractivity contribution in [3.8, 4) is 0 Å². The Balaban J connectivity index is 1.99. The maximum absolute atomic E-state index is 14.0. The second-order valence-corrected chi connectivity index (χ2v) is 6.10. The van der Waals surface area contributed by atoms with Gasteiger partial charge in [0.2, 0.25) is 0 Å². The van der Waals surface area contributed by atoms with Crippen LogP contribution in [0.2, 0.25) is 0 Å². The molecule has 2 rings (SSSR count). The second kappa shape index (κ2) is 8.58. The molecule has 2 N–H and O–H groups in total. The van der Waals surface area contributed by atoms with Crippen LogP contribution in [0, 0.1) is 5.82 Å². The predicted molar refractivity (Wildman–Crippen MR) is 98.2 cm³/mol. The van der Waals surface area contributed by atoms with Crippen LogP contribution in [0.1, 0.15) is 25.0 Å². The fourth-order valence-corrected chi connectivity index (χ4v) is 2.51. The van der Waals surface area contributed by atoms with Gasteiger partial charge in [-0.2, -0.15) is 0 Å². The van der Waals surface area contributed by atoms with E-state index in [1.807, 2.05) is 19.1 Å². The number of carbonyl (C=O) groups excluding carboxylic acids is 2.